The molecule has 4 heteroatoms. The Kier molecular flexibility index (Phi) is 4.12. The maximum atomic E-state index is 11.6. The van der Waals surface area contributed by atoms with Crippen molar-refractivity contribution in [3.8, 4) is 0 Å². The number of aliphatic carboxylic acids is 1. The minimum absolute atomic E-state index is 0. The van der Waals surface area contributed by atoms with Crippen molar-refractivity contribution < 1.29 is 9.90 Å². The fourth-order valence-corrected chi connectivity index (χ4v) is 4.01. The van der Waals surface area contributed by atoms with Crippen LogP contribution in [0.4, 0.5) is 0 Å². The fourth-order valence-electron chi connectivity index (χ4n) is 4.01. The zero-order valence-electron chi connectivity index (χ0n) is 12.0. The molecule has 110 valence electrons. The Balaban J connectivity index is 0.00000147. The number of halogens is 1. The lowest BCUT2D eigenvalue weighted by atomic mass is 9.58. The number of carbonyl (C=O) groups is 1. The van der Waals surface area contributed by atoms with Gasteiger partial charge in [0.1, 0.15) is 0 Å². The quantitative estimate of drug-likeness (QED) is 0.912. The summed E-state index contributed by atoms with van der Waals surface area (Å²) in [6, 6.07) is 8.93. The number of carboxylic acid groups (broad SMARTS) is 1. The van der Waals surface area contributed by atoms with Crippen LogP contribution in [0.5, 0.6) is 0 Å². The van der Waals surface area contributed by atoms with E-state index in [1.54, 1.807) is 0 Å². The van der Waals surface area contributed by atoms with Crippen molar-refractivity contribution in [3.05, 3.63) is 35.4 Å². The Labute approximate surface area is 126 Å². The van der Waals surface area contributed by atoms with Gasteiger partial charge in [0.15, 0.2) is 0 Å². The van der Waals surface area contributed by atoms with Gasteiger partial charge < -0.3 is 10.0 Å². The highest BCUT2D eigenvalue weighted by Crippen LogP contribution is 2.49. The van der Waals surface area contributed by atoms with Crippen LogP contribution in [0.15, 0.2) is 24.3 Å². The zero-order valence-corrected chi connectivity index (χ0v) is 12.8. The van der Waals surface area contributed by atoms with Crippen LogP contribution in [0.3, 0.4) is 0 Å². The molecule has 0 radical (unpaired) electrons. The van der Waals surface area contributed by atoms with Gasteiger partial charge >= 0.3 is 5.97 Å². The van der Waals surface area contributed by atoms with Gasteiger partial charge in [-0.2, -0.15) is 0 Å². The first kappa shape index (κ1) is 15.3. The van der Waals surface area contributed by atoms with E-state index in [1.165, 1.54) is 11.1 Å². The van der Waals surface area contributed by atoms with Crippen LogP contribution >= 0.6 is 12.4 Å². The Bertz CT molecular complexity index is 519. The van der Waals surface area contributed by atoms with E-state index in [-0.39, 0.29) is 23.7 Å². The molecule has 3 atom stereocenters. The maximum absolute atomic E-state index is 11.6. The third-order valence-electron chi connectivity index (χ3n) is 5.34. The first-order valence-corrected chi connectivity index (χ1v) is 7.06. The average Bonchev–Trinajstić information content (AvgIpc) is 2.42. The average molecular weight is 296 g/mol. The zero-order chi connectivity index (χ0) is 13.6. The largest absolute Gasteiger partial charge is 0.481 e. The highest BCUT2D eigenvalue weighted by atomic mass is 35.5. The third-order valence-corrected chi connectivity index (χ3v) is 5.34. The van der Waals surface area contributed by atoms with Crippen LogP contribution < -0.4 is 0 Å². The number of likely N-dealkylation sites (tertiary alicyclic amines) is 1. The normalized spacial score (nSPS) is 30.0. The molecular formula is C16H22ClNO2. The highest BCUT2D eigenvalue weighted by molar-refractivity contribution is 5.85. The number of rotatable bonds is 2. The Morgan fingerprint density at radius 1 is 1.45 bits per heavy atom. The van der Waals surface area contributed by atoms with E-state index in [1.807, 2.05) is 13.0 Å². The Morgan fingerprint density at radius 2 is 2.15 bits per heavy atom. The molecule has 3 unspecified atom stereocenters. The SMILES string of the molecule is CC(C(=O)O)C12CCN(C)C(Cc3ccccc31)C2.Cl. The molecular weight excluding hydrogens is 274 g/mol. The van der Waals surface area contributed by atoms with Gasteiger partial charge in [-0.25, -0.2) is 0 Å². The molecule has 3 nitrogen and oxygen atoms in total. The van der Waals surface area contributed by atoms with E-state index in [4.69, 9.17) is 0 Å². The molecule has 1 saturated heterocycles. The number of piperidine rings is 1. The van der Waals surface area contributed by atoms with Crippen LogP contribution in [0.2, 0.25) is 0 Å². The summed E-state index contributed by atoms with van der Waals surface area (Å²) in [6.07, 6.45) is 2.99. The van der Waals surface area contributed by atoms with Crippen molar-refractivity contribution in [2.75, 3.05) is 13.6 Å². The molecule has 20 heavy (non-hydrogen) atoms. The van der Waals surface area contributed by atoms with Crippen LogP contribution in [-0.2, 0) is 16.6 Å². The summed E-state index contributed by atoms with van der Waals surface area (Å²) in [6.45, 7) is 2.88. The lowest BCUT2D eigenvalue weighted by Crippen LogP contribution is -2.55. The second-order valence-electron chi connectivity index (χ2n) is 6.17. The Morgan fingerprint density at radius 3 is 2.85 bits per heavy atom. The molecule has 1 aliphatic heterocycles. The molecule has 1 N–H and O–H groups in total. The lowest BCUT2D eigenvalue weighted by Gasteiger charge is -2.52. The molecule has 1 aliphatic carbocycles. The second kappa shape index (κ2) is 5.38. The predicted molar refractivity (Wildman–Crippen MR) is 81.5 cm³/mol. The maximum Gasteiger partial charge on any atom is 0.307 e. The van der Waals surface area contributed by atoms with Crippen LogP contribution in [0.25, 0.3) is 0 Å². The van der Waals surface area contributed by atoms with E-state index in [2.05, 4.69) is 30.1 Å². The van der Waals surface area contributed by atoms with Crippen molar-refractivity contribution in [2.45, 2.75) is 37.6 Å². The molecule has 1 heterocycles. The van der Waals surface area contributed by atoms with Crippen molar-refractivity contribution in [2.24, 2.45) is 5.92 Å². The van der Waals surface area contributed by atoms with Crippen LogP contribution in [0.1, 0.15) is 30.9 Å². The summed E-state index contributed by atoms with van der Waals surface area (Å²) in [5, 5.41) is 9.52. The topological polar surface area (TPSA) is 40.5 Å². The molecule has 3 rings (SSSR count). The van der Waals surface area contributed by atoms with E-state index in [9.17, 15) is 9.90 Å². The van der Waals surface area contributed by atoms with Crippen molar-refractivity contribution in [1.29, 1.82) is 0 Å². The summed E-state index contributed by atoms with van der Waals surface area (Å²) < 4.78 is 0. The minimum Gasteiger partial charge on any atom is -0.481 e. The summed E-state index contributed by atoms with van der Waals surface area (Å²) in [7, 11) is 2.16. The van der Waals surface area contributed by atoms with Gasteiger partial charge in [0.2, 0.25) is 0 Å². The predicted octanol–water partition coefficient (Wildman–Crippen LogP) is 2.72. The number of hydrogen-bond acceptors (Lipinski definition) is 2. The van der Waals surface area contributed by atoms with Gasteiger partial charge in [-0.05, 0) is 44.0 Å². The summed E-state index contributed by atoms with van der Waals surface area (Å²) in [5.41, 5.74) is 2.46. The third kappa shape index (κ3) is 2.13. The van der Waals surface area contributed by atoms with Gasteiger partial charge in [-0.3, -0.25) is 4.79 Å². The van der Waals surface area contributed by atoms with E-state index >= 15 is 0 Å². The number of likely N-dealkylation sites (N-methyl/N-ethyl adjacent to an activating group) is 1. The van der Waals surface area contributed by atoms with Crippen LogP contribution in [-0.4, -0.2) is 35.6 Å². The Hall–Kier alpha value is -1.06. The summed E-state index contributed by atoms with van der Waals surface area (Å²) in [4.78, 5) is 14.0. The van der Waals surface area contributed by atoms with Crippen molar-refractivity contribution >= 4 is 18.4 Å². The number of hydrogen-bond donors (Lipinski definition) is 1. The molecule has 0 amide bonds. The van der Waals surface area contributed by atoms with Gasteiger partial charge in [0.05, 0.1) is 5.92 Å². The molecule has 2 bridgehead atoms. The first-order valence-electron chi connectivity index (χ1n) is 7.06. The van der Waals surface area contributed by atoms with Gasteiger partial charge in [-0.1, -0.05) is 31.2 Å². The minimum atomic E-state index is -0.667. The molecule has 0 saturated carbocycles. The van der Waals surface area contributed by atoms with Gasteiger partial charge in [-0.15, -0.1) is 12.4 Å². The molecule has 2 aliphatic rings. The fraction of sp³-hybridized carbons (Fsp3) is 0.562. The summed E-state index contributed by atoms with van der Waals surface area (Å²) in [5.74, 6) is -0.981. The highest BCUT2D eigenvalue weighted by Gasteiger charge is 2.50. The molecule has 0 aromatic heterocycles. The van der Waals surface area contributed by atoms with E-state index < -0.39 is 5.97 Å². The van der Waals surface area contributed by atoms with Gasteiger partial charge in [0.25, 0.3) is 0 Å². The monoisotopic (exact) mass is 295 g/mol. The van der Waals surface area contributed by atoms with Crippen molar-refractivity contribution in [3.63, 3.8) is 0 Å². The number of nitrogens with zero attached hydrogens (tertiary/aromatic N) is 1. The second-order valence-corrected chi connectivity index (χ2v) is 6.17. The van der Waals surface area contributed by atoms with Gasteiger partial charge in [0, 0.05) is 11.5 Å². The lowest BCUT2D eigenvalue weighted by molar-refractivity contribution is -0.145. The summed E-state index contributed by atoms with van der Waals surface area (Å²) >= 11 is 0. The number of benzene rings is 1. The first-order chi connectivity index (χ1) is 9.04. The molecule has 1 aromatic carbocycles. The van der Waals surface area contributed by atoms with E-state index in [0.29, 0.717) is 6.04 Å². The smallest absolute Gasteiger partial charge is 0.307 e. The molecule has 0 spiro atoms. The molecule has 1 aromatic rings. The molecule has 1 fully saturated rings. The van der Waals surface area contributed by atoms with Crippen molar-refractivity contribution in [1.82, 2.24) is 4.90 Å². The number of carboxylic acids is 1. The standard InChI is InChI=1S/C16H21NO2.ClH/c1-11(15(18)19)16-7-8-17(2)13(10-16)9-12-5-3-4-6-14(12)16;/h3-6,11,13H,7-10H2,1-2H3,(H,18,19);1H. The number of fused-ring (bicyclic) bond motifs is 4. The van der Waals surface area contributed by atoms with Crippen LogP contribution in [0, 0.1) is 5.92 Å². The van der Waals surface area contributed by atoms with E-state index in [0.717, 1.165) is 25.8 Å².